The minimum absolute atomic E-state index is 0.290. The zero-order valence-electron chi connectivity index (χ0n) is 10.3. The highest BCUT2D eigenvalue weighted by Gasteiger charge is 2.12. The lowest BCUT2D eigenvalue weighted by Gasteiger charge is -2.09. The minimum Gasteiger partial charge on any atom is -0.497 e. The Morgan fingerprint density at radius 1 is 1.42 bits per heavy atom. The maximum absolute atomic E-state index is 12.4. The summed E-state index contributed by atoms with van der Waals surface area (Å²) in [6.45, 7) is 0. The predicted octanol–water partition coefficient (Wildman–Crippen LogP) is 2.63. The van der Waals surface area contributed by atoms with E-state index in [9.17, 15) is 4.21 Å². The molecule has 2 rings (SSSR count). The third kappa shape index (κ3) is 3.24. The van der Waals surface area contributed by atoms with Crippen molar-refractivity contribution in [2.75, 3.05) is 12.8 Å². The number of hydrogen-bond acceptors (Lipinski definition) is 4. The van der Waals surface area contributed by atoms with Gasteiger partial charge in [0.05, 0.1) is 33.6 Å². The number of benzene rings is 1. The Morgan fingerprint density at radius 2 is 2.21 bits per heavy atom. The summed E-state index contributed by atoms with van der Waals surface area (Å²) in [5, 5.41) is 0.498. The second-order valence-corrected chi connectivity index (χ2v) is 5.69. The molecule has 0 aliphatic rings. The van der Waals surface area contributed by atoms with Crippen LogP contribution >= 0.6 is 11.6 Å². The van der Waals surface area contributed by atoms with Crippen LogP contribution in [0.5, 0.6) is 5.75 Å². The van der Waals surface area contributed by atoms with Crippen molar-refractivity contribution < 1.29 is 8.95 Å². The van der Waals surface area contributed by atoms with Gasteiger partial charge in [-0.15, -0.1) is 0 Å². The second-order valence-electron chi connectivity index (χ2n) is 3.86. The van der Waals surface area contributed by atoms with Gasteiger partial charge in [0, 0.05) is 18.1 Å². The molecule has 0 bridgehead atoms. The fraction of sp³-hybridized carbons (Fsp3) is 0.154. The molecule has 0 saturated carbocycles. The summed E-state index contributed by atoms with van der Waals surface area (Å²) in [5.41, 5.74) is 7.09. The van der Waals surface area contributed by atoms with Crippen molar-refractivity contribution in [1.29, 1.82) is 0 Å². The van der Waals surface area contributed by atoms with Gasteiger partial charge in [0.1, 0.15) is 5.75 Å². The first kappa shape index (κ1) is 13.8. The van der Waals surface area contributed by atoms with Crippen LogP contribution in [0.3, 0.4) is 0 Å². The van der Waals surface area contributed by atoms with E-state index in [1.165, 1.54) is 6.20 Å². The van der Waals surface area contributed by atoms with Crippen LogP contribution < -0.4 is 10.5 Å². The zero-order chi connectivity index (χ0) is 13.8. The van der Waals surface area contributed by atoms with E-state index in [0.29, 0.717) is 27.1 Å². The summed E-state index contributed by atoms with van der Waals surface area (Å²) in [5.74, 6) is 0.914. The molecule has 1 aromatic heterocycles. The molecule has 0 amide bonds. The Bertz CT molecular complexity index is 619. The smallest absolute Gasteiger partial charge is 0.120 e. The molecular formula is C13H13ClN2O2S. The summed E-state index contributed by atoms with van der Waals surface area (Å²) in [6.07, 6.45) is 3.15. The summed E-state index contributed by atoms with van der Waals surface area (Å²) in [7, 11) is 0.268. The summed E-state index contributed by atoms with van der Waals surface area (Å²) >= 11 is 6.00. The lowest BCUT2D eigenvalue weighted by Crippen LogP contribution is -2.02. The number of nitrogens with zero attached hydrogens (tertiary/aromatic N) is 1. The van der Waals surface area contributed by atoms with Gasteiger partial charge in [0.2, 0.25) is 0 Å². The highest BCUT2D eigenvalue weighted by atomic mass is 35.5. The fourth-order valence-corrected chi connectivity index (χ4v) is 3.11. The van der Waals surface area contributed by atoms with Gasteiger partial charge in [-0.1, -0.05) is 11.6 Å². The van der Waals surface area contributed by atoms with E-state index < -0.39 is 10.8 Å². The number of halogens is 1. The SMILES string of the molecule is COc1ccc(N)c(S(=O)Cc2ccncc2Cl)c1. The number of ether oxygens (including phenoxy) is 1. The molecule has 1 aromatic carbocycles. The third-order valence-corrected chi connectivity index (χ3v) is 4.37. The van der Waals surface area contributed by atoms with Crippen molar-refractivity contribution in [2.45, 2.75) is 10.6 Å². The third-order valence-electron chi connectivity index (χ3n) is 2.61. The Labute approximate surface area is 119 Å². The van der Waals surface area contributed by atoms with Crippen LogP contribution in [0.2, 0.25) is 5.02 Å². The molecule has 0 radical (unpaired) electrons. The highest BCUT2D eigenvalue weighted by Crippen LogP contribution is 2.25. The molecule has 0 aliphatic carbocycles. The molecule has 4 nitrogen and oxygen atoms in total. The van der Waals surface area contributed by atoms with Gasteiger partial charge in [-0.3, -0.25) is 9.19 Å². The van der Waals surface area contributed by atoms with E-state index in [4.69, 9.17) is 22.1 Å². The van der Waals surface area contributed by atoms with E-state index in [2.05, 4.69) is 4.98 Å². The summed E-state index contributed by atoms with van der Waals surface area (Å²) < 4.78 is 17.5. The topological polar surface area (TPSA) is 65.2 Å². The number of nitrogen functional groups attached to an aromatic ring is 1. The number of methoxy groups -OCH3 is 1. The van der Waals surface area contributed by atoms with Crippen molar-refractivity contribution in [3.8, 4) is 5.75 Å². The Morgan fingerprint density at radius 3 is 2.89 bits per heavy atom. The van der Waals surface area contributed by atoms with Crippen molar-refractivity contribution in [1.82, 2.24) is 4.98 Å². The largest absolute Gasteiger partial charge is 0.497 e. The first-order valence-electron chi connectivity index (χ1n) is 5.52. The normalized spacial score (nSPS) is 12.1. The van der Waals surface area contributed by atoms with Crippen LogP contribution in [0.1, 0.15) is 5.56 Å². The lowest BCUT2D eigenvalue weighted by atomic mass is 10.3. The van der Waals surface area contributed by atoms with Crippen molar-refractivity contribution in [2.24, 2.45) is 0 Å². The number of rotatable bonds is 4. The van der Waals surface area contributed by atoms with Crippen LogP contribution in [-0.2, 0) is 16.6 Å². The van der Waals surface area contributed by atoms with Crippen LogP contribution in [0.25, 0.3) is 0 Å². The average Bonchev–Trinajstić information content (AvgIpc) is 2.42. The molecule has 19 heavy (non-hydrogen) atoms. The Kier molecular flexibility index (Phi) is 4.39. The molecular weight excluding hydrogens is 284 g/mol. The minimum atomic E-state index is -1.29. The number of anilines is 1. The first-order chi connectivity index (χ1) is 9.11. The maximum Gasteiger partial charge on any atom is 0.120 e. The molecule has 1 unspecified atom stereocenters. The van der Waals surface area contributed by atoms with Gasteiger partial charge in [0.25, 0.3) is 0 Å². The Hall–Kier alpha value is -1.59. The molecule has 1 heterocycles. The molecule has 0 saturated heterocycles. The first-order valence-corrected chi connectivity index (χ1v) is 7.22. The molecule has 0 spiro atoms. The predicted molar refractivity (Wildman–Crippen MR) is 76.8 cm³/mol. The maximum atomic E-state index is 12.4. The fourth-order valence-electron chi connectivity index (χ4n) is 1.58. The molecule has 1 atom stereocenters. The van der Waals surface area contributed by atoms with Crippen molar-refractivity contribution in [3.05, 3.63) is 47.2 Å². The van der Waals surface area contributed by atoms with Crippen LogP contribution in [0, 0.1) is 0 Å². The number of aromatic nitrogens is 1. The van der Waals surface area contributed by atoms with Crippen LogP contribution in [0.4, 0.5) is 5.69 Å². The number of hydrogen-bond donors (Lipinski definition) is 1. The average molecular weight is 297 g/mol. The lowest BCUT2D eigenvalue weighted by molar-refractivity contribution is 0.413. The van der Waals surface area contributed by atoms with Gasteiger partial charge in [-0.05, 0) is 29.8 Å². The van der Waals surface area contributed by atoms with E-state index in [1.807, 2.05) is 0 Å². The highest BCUT2D eigenvalue weighted by molar-refractivity contribution is 7.84. The molecule has 2 aromatic rings. The van der Waals surface area contributed by atoms with Crippen LogP contribution in [0.15, 0.2) is 41.6 Å². The molecule has 0 aliphatic heterocycles. The van der Waals surface area contributed by atoms with E-state index in [1.54, 1.807) is 37.6 Å². The molecule has 6 heteroatoms. The van der Waals surface area contributed by atoms with Gasteiger partial charge in [-0.25, -0.2) is 0 Å². The summed E-state index contributed by atoms with van der Waals surface area (Å²) in [4.78, 5) is 4.44. The molecule has 0 fully saturated rings. The standard InChI is InChI=1S/C13H13ClN2O2S/c1-18-10-2-3-12(15)13(6-10)19(17)8-9-4-5-16-7-11(9)14/h2-7H,8,15H2,1H3. The number of pyridine rings is 1. The van der Waals surface area contributed by atoms with E-state index in [-0.39, 0.29) is 0 Å². The van der Waals surface area contributed by atoms with E-state index >= 15 is 0 Å². The Balaban J connectivity index is 2.28. The molecule has 100 valence electrons. The van der Waals surface area contributed by atoms with Gasteiger partial charge in [0.15, 0.2) is 0 Å². The van der Waals surface area contributed by atoms with Crippen molar-refractivity contribution in [3.63, 3.8) is 0 Å². The van der Waals surface area contributed by atoms with Gasteiger partial charge < -0.3 is 10.5 Å². The van der Waals surface area contributed by atoms with E-state index in [0.717, 1.165) is 5.56 Å². The van der Waals surface area contributed by atoms with Crippen molar-refractivity contribution >= 4 is 28.1 Å². The second kappa shape index (κ2) is 6.04. The monoisotopic (exact) mass is 296 g/mol. The summed E-state index contributed by atoms with van der Waals surface area (Å²) in [6, 6.07) is 6.84. The van der Waals surface area contributed by atoms with Gasteiger partial charge in [-0.2, -0.15) is 0 Å². The zero-order valence-corrected chi connectivity index (χ0v) is 11.9. The van der Waals surface area contributed by atoms with Gasteiger partial charge >= 0.3 is 0 Å². The quantitative estimate of drug-likeness (QED) is 0.881. The van der Waals surface area contributed by atoms with Crippen LogP contribution in [-0.4, -0.2) is 16.3 Å². The number of nitrogens with two attached hydrogens (primary N) is 1. The molecule has 2 N–H and O–H groups in total.